The second kappa shape index (κ2) is 16.0. The maximum atomic E-state index is 8.63. The number of rotatable bonds is 4. The van der Waals surface area contributed by atoms with Crippen LogP contribution in [0.1, 0.15) is 11.1 Å². The first-order chi connectivity index (χ1) is 17.4. The van der Waals surface area contributed by atoms with Crippen molar-refractivity contribution in [3.05, 3.63) is 120 Å². The highest BCUT2D eigenvalue weighted by Crippen LogP contribution is 2.35. The fourth-order valence-electron chi connectivity index (χ4n) is 3.21. The van der Waals surface area contributed by atoms with E-state index in [1.807, 2.05) is 12.1 Å². The number of aromatic hydroxyl groups is 2. The van der Waals surface area contributed by atoms with Gasteiger partial charge in [0.2, 0.25) is 0 Å². The Labute approximate surface area is 210 Å². The zero-order valence-electron chi connectivity index (χ0n) is 19.8. The summed E-state index contributed by atoms with van der Waals surface area (Å²) in [7, 11) is 0. The molecule has 7 heteroatoms. The quantitative estimate of drug-likeness (QED) is 0.211. The molecule has 0 aliphatic heterocycles. The van der Waals surface area contributed by atoms with E-state index in [0.29, 0.717) is 11.5 Å². The lowest BCUT2D eigenvalue weighted by Crippen LogP contribution is -2.20. The van der Waals surface area contributed by atoms with Crippen LogP contribution in [0.15, 0.2) is 109 Å². The van der Waals surface area contributed by atoms with Gasteiger partial charge in [-0.2, -0.15) is 0 Å². The number of aliphatic hydroxyl groups excluding tert-OH is 2. The number of para-hydroxylation sites is 2. The summed E-state index contributed by atoms with van der Waals surface area (Å²) < 4.78 is 4.36. The summed E-state index contributed by atoms with van der Waals surface area (Å²) in [6.07, 6.45) is -2.00. The number of benzene rings is 4. The molecule has 0 spiro atoms. The van der Waals surface area contributed by atoms with Crippen LogP contribution in [0.25, 0.3) is 11.1 Å². The SMILES string of the molecule is OC(O)COCC(O)O.Oc1ccccc1.Oc1ccccc1.c1ccc2c(c1)Cc1ccccc1-2. The molecule has 0 atom stereocenters. The molecule has 5 rings (SSSR count). The van der Waals surface area contributed by atoms with Crippen LogP contribution in [0.2, 0.25) is 0 Å². The molecule has 1 aliphatic rings. The first-order valence-corrected chi connectivity index (χ1v) is 11.3. The lowest BCUT2D eigenvalue weighted by atomic mass is 10.1. The van der Waals surface area contributed by atoms with Gasteiger partial charge in [0.25, 0.3) is 0 Å². The molecular weight excluding hydrogens is 460 g/mol. The molecule has 6 N–H and O–H groups in total. The van der Waals surface area contributed by atoms with Crippen molar-refractivity contribution in [3.8, 4) is 22.6 Å². The minimum absolute atomic E-state index is 0.308. The van der Waals surface area contributed by atoms with Crippen LogP contribution in [-0.4, -0.2) is 56.4 Å². The van der Waals surface area contributed by atoms with E-state index in [4.69, 9.17) is 30.6 Å². The lowest BCUT2D eigenvalue weighted by molar-refractivity contribution is -0.138. The van der Waals surface area contributed by atoms with Gasteiger partial charge in [-0.1, -0.05) is 84.9 Å². The molecular formula is C29H32O7. The highest BCUT2D eigenvalue weighted by Gasteiger charge is 2.15. The minimum Gasteiger partial charge on any atom is -0.508 e. The molecule has 0 bridgehead atoms. The molecule has 0 saturated heterocycles. The van der Waals surface area contributed by atoms with Crippen molar-refractivity contribution in [1.82, 2.24) is 0 Å². The summed E-state index contributed by atoms with van der Waals surface area (Å²) in [5, 5.41) is 49.8. The topological polar surface area (TPSA) is 131 Å². The van der Waals surface area contributed by atoms with Crippen LogP contribution in [-0.2, 0) is 11.2 Å². The zero-order chi connectivity index (χ0) is 26.2. The van der Waals surface area contributed by atoms with E-state index >= 15 is 0 Å². The molecule has 7 nitrogen and oxygen atoms in total. The molecule has 0 saturated carbocycles. The maximum Gasteiger partial charge on any atom is 0.175 e. The predicted octanol–water partition coefficient (Wildman–Crippen LogP) is 3.67. The maximum absolute atomic E-state index is 8.63. The number of fused-ring (bicyclic) bond motifs is 3. The molecule has 4 aromatic rings. The summed E-state index contributed by atoms with van der Waals surface area (Å²) in [5.74, 6) is 0.644. The van der Waals surface area contributed by atoms with Crippen LogP contribution in [0, 0.1) is 0 Å². The molecule has 4 aromatic carbocycles. The average Bonchev–Trinajstić information content (AvgIpc) is 3.25. The van der Waals surface area contributed by atoms with Crippen LogP contribution < -0.4 is 0 Å². The van der Waals surface area contributed by atoms with Gasteiger partial charge >= 0.3 is 0 Å². The van der Waals surface area contributed by atoms with Crippen molar-refractivity contribution in [1.29, 1.82) is 0 Å². The van der Waals surface area contributed by atoms with Crippen molar-refractivity contribution < 1.29 is 35.4 Å². The van der Waals surface area contributed by atoms with Gasteiger partial charge in [0.1, 0.15) is 11.5 Å². The Morgan fingerprint density at radius 2 is 0.833 bits per heavy atom. The third-order valence-electron chi connectivity index (χ3n) is 4.75. The van der Waals surface area contributed by atoms with Gasteiger partial charge in [-0.25, -0.2) is 0 Å². The minimum atomic E-state index is -1.55. The fourth-order valence-corrected chi connectivity index (χ4v) is 3.21. The normalized spacial score (nSPS) is 10.6. The monoisotopic (exact) mass is 492 g/mol. The molecule has 36 heavy (non-hydrogen) atoms. The number of hydrogen-bond acceptors (Lipinski definition) is 7. The van der Waals surface area contributed by atoms with Gasteiger partial charge < -0.3 is 35.4 Å². The number of phenolic OH excluding ortho intramolecular Hbond substituents is 2. The van der Waals surface area contributed by atoms with E-state index in [1.54, 1.807) is 48.5 Å². The third-order valence-corrected chi connectivity index (χ3v) is 4.75. The van der Waals surface area contributed by atoms with Crippen LogP contribution >= 0.6 is 0 Å². The van der Waals surface area contributed by atoms with Gasteiger partial charge in [0.05, 0.1) is 13.2 Å². The van der Waals surface area contributed by atoms with Crippen molar-refractivity contribution in [3.63, 3.8) is 0 Å². The third kappa shape index (κ3) is 11.1. The van der Waals surface area contributed by atoms with E-state index in [0.717, 1.165) is 6.42 Å². The van der Waals surface area contributed by atoms with E-state index in [1.165, 1.54) is 22.3 Å². The van der Waals surface area contributed by atoms with E-state index in [-0.39, 0.29) is 13.2 Å². The summed E-state index contributed by atoms with van der Waals surface area (Å²) in [6.45, 7) is -0.616. The van der Waals surface area contributed by atoms with Crippen LogP contribution in [0.4, 0.5) is 0 Å². The molecule has 1 aliphatic carbocycles. The van der Waals surface area contributed by atoms with E-state index in [9.17, 15) is 0 Å². The molecule has 0 radical (unpaired) electrons. The fraction of sp³-hybridized carbons (Fsp3) is 0.172. The van der Waals surface area contributed by atoms with Gasteiger partial charge in [-0.15, -0.1) is 0 Å². The van der Waals surface area contributed by atoms with Crippen molar-refractivity contribution in [2.24, 2.45) is 0 Å². The second-order valence-corrected chi connectivity index (χ2v) is 7.66. The number of aliphatic hydroxyl groups is 4. The van der Waals surface area contributed by atoms with Crippen molar-refractivity contribution in [2.45, 2.75) is 19.0 Å². The Hall–Kier alpha value is -3.72. The van der Waals surface area contributed by atoms with Crippen LogP contribution in [0.5, 0.6) is 11.5 Å². The smallest absolute Gasteiger partial charge is 0.175 e. The Morgan fingerprint density at radius 3 is 1.14 bits per heavy atom. The van der Waals surface area contributed by atoms with Gasteiger partial charge in [-0.3, -0.25) is 0 Å². The second-order valence-electron chi connectivity index (χ2n) is 7.66. The number of hydrogen-bond donors (Lipinski definition) is 6. The number of ether oxygens (including phenoxy) is 1. The summed E-state index contributed by atoms with van der Waals surface area (Å²) in [5.41, 5.74) is 5.75. The molecule has 0 aromatic heterocycles. The number of phenols is 2. The Bertz CT molecular complexity index is 1030. The highest BCUT2D eigenvalue weighted by molar-refractivity contribution is 5.76. The first kappa shape index (κ1) is 28.5. The Morgan fingerprint density at radius 1 is 0.500 bits per heavy atom. The van der Waals surface area contributed by atoms with E-state index < -0.39 is 12.6 Å². The molecule has 0 fully saturated rings. The average molecular weight is 493 g/mol. The lowest BCUT2D eigenvalue weighted by Gasteiger charge is -2.05. The zero-order valence-corrected chi connectivity index (χ0v) is 19.8. The first-order valence-electron chi connectivity index (χ1n) is 11.3. The van der Waals surface area contributed by atoms with Gasteiger partial charge in [-0.05, 0) is 52.9 Å². The van der Waals surface area contributed by atoms with Crippen molar-refractivity contribution >= 4 is 0 Å². The summed E-state index contributed by atoms with van der Waals surface area (Å²) >= 11 is 0. The largest absolute Gasteiger partial charge is 0.508 e. The van der Waals surface area contributed by atoms with Crippen LogP contribution in [0.3, 0.4) is 0 Å². The highest BCUT2D eigenvalue weighted by atomic mass is 16.6. The molecule has 190 valence electrons. The molecule has 0 unspecified atom stereocenters. The standard InChI is InChI=1S/C13H10.2C6H6O.C4H10O5/c1-3-7-12-10(5-1)9-11-6-2-4-8-13(11)12;2*7-6-4-2-1-3-5-6;5-3(6)1-9-2-4(7)8/h1-8H,9H2;2*1-5,7H;3-8H,1-2H2. The van der Waals surface area contributed by atoms with E-state index in [2.05, 4.69) is 53.3 Å². The Balaban J connectivity index is 0.000000177. The Kier molecular flexibility index (Phi) is 12.7. The van der Waals surface area contributed by atoms with Gasteiger partial charge in [0, 0.05) is 0 Å². The predicted molar refractivity (Wildman–Crippen MR) is 138 cm³/mol. The molecule has 0 amide bonds. The summed E-state index contributed by atoms with van der Waals surface area (Å²) in [4.78, 5) is 0. The molecule has 0 heterocycles. The van der Waals surface area contributed by atoms with Crippen molar-refractivity contribution in [2.75, 3.05) is 13.2 Å². The summed E-state index contributed by atoms with van der Waals surface area (Å²) in [6, 6.07) is 34.7. The van der Waals surface area contributed by atoms with Gasteiger partial charge in [0.15, 0.2) is 12.6 Å².